The minimum atomic E-state index is -3.59. The number of ether oxygens (including phenoxy) is 3. The molecule has 0 spiro atoms. The number of methoxy groups -OCH3 is 3. The van der Waals surface area contributed by atoms with Crippen molar-refractivity contribution in [3.8, 4) is 17.2 Å². The molecule has 0 bridgehead atoms. The van der Waals surface area contributed by atoms with Crippen molar-refractivity contribution in [2.45, 2.75) is 11.4 Å². The highest BCUT2D eigenvalue weighted by Gasteiger charge is 2.29. The van der Waals surface area contributed by atoms with Gasteiger partial charge in [-0.25, -0.2) is 8.42 Å². The molecule has 2 aromatic rings. The van der Waals surface area contributed by atoms with E-state index in [1.54, 1.807) is 45.6 Å². The minimum Gasteiger partial charge on any atom is -0.496 e. The first-order valence-corrected chi connectivity index (χ1v) is 12.1. The van der Waals surface area contributed by atoms with Crippen LogP contribution in [0.15, 0.2) is 41.3 Å². The van der Waals surface area contributed by atoms with Crippen LogP contribution in [0.4, 0.5) is 0 Å². The third kappa shape index (κ3) is 6.08. The van der Waals surface area contributed by atoms with Crippen molar-refractivity contribution in [2.24, 2.45) is 0 Å². The third-order valence-corrected chi connectivity index (χ3v) is 7.58. The highest BCUT2D eigenvalue weighted by molar-refractivity contribution is 7.89. The molecule has 1 aliphatic heterocycles. The minimum absolute atomic E-state index is 0.166. The lowest BCUT2D eigenvalue weighted by molar-refractivity contribution is -0.122. The molecule has 0 aliphatic carbocycles. The summed E-state index contributed by atoms with van der Waals surface area (Å²) in [4.78, 5) is 14.6. The smallest absolute Gasteiger partial charge is 0.243 e. The molecule has 0 radical (unpaired) electrons. The zero-order valence-corrected chi connectivity index (χ0v) is 20.4. The summed E-state index contributed by atoms with van der Waals surface area (Å²) in [7, 11) is 1.04. The lowest BCUT2D eigenvalue weighted by Gasteiger charge is -2.33. The molecule has 11 heteroatoms. The van der Waals surface area contributed by atoms with E-state index in [1.165, 1.54) is 16.4 Å². The van der Waals surface area contributed by atoms with Crippen LogP contribution in [0.2, 0.25) is 5.02 Å². The van der Waals surface area contributed by atoms with E-state index in [0.29, 0.717) is 48.5 Å². The van der Waals surface area contributed by atoms with Crippen LogP contribution in [-0.2, 0) is 21.4 Å². The zero-order chi connectivity index (χ0) is 24.0. The standard InChI is InChI=1S/C22H28ClN3O6S/c1-30-19-13-21(32-3)20(31-2)12-16(19)14-24-22(27)15-25-8-10-26(11-9-25)33(28,29)18-6-4-17(23)5-7-18/h4-7,12-13H,8-11,14-15H2,1-3H3,(H,24,27). The van der Waals surface area contributed by atoms with Crippen molar-refractivity contribution in [3.05, 3.63) is 47.0 Å². The molecule has 2 aromatic carbocycles. The van der Waals surface area contributed by atoms with Crippen LogP contribution in [0.1, 0.15) is 5.56 Å². The molecule has 0 aromatic heterocycles. The molecular weight excluding hydrogens is 470 g/mol. The Hall–Kier alpha value is -2.53. The van der Waals surface area contributed by atoms with Gasteiger partial charge in [0.15, 0.2) is 11.5 Å². The van der Waals surface area contributed by atoms with Crippen LogP contribution in [-0.4, -0.2) is 77.6 Å². The third-order valence-electron chi connectivity index (χ3n) is 5.41. The molecule has 1 N–H and O–H groups in total. The predicted octanol–water partition coefficient (Wildman–Crippen LogP) is 1.99. The maximum absolute atomic E-state index is 12.8. The number of nitrogens with zero attached hydrogens (tertiary/aromatic N) is 2. The van der Waals surface area contributed by atoms with Crippen molar-refractivity contribution in [2.75, 3.05) is 54.1 Å². The van der Waals surface area contributed by atoms with Gasteiger partial charge in [0.1, 0.15) is 5.75 Å². The summed E-state index contributed by atoms with van der Waals surface area (Å²) in [6.45, 7) is 1.96. The fraction of sp³-hybridized carbons (Fsp3) is 0.409. The van der Waals surface area contributed by atoms with E-state index >= 15 is 0 Å². The first kappa shape index (κ1) is 25.1. The van der Waals surface area contributed by atoms with Gasteiger partial charge in [-0.2, -0.15) is 4.31 Å². The van der Waals surface area contributed by atoms with Crippen LogP contribution in [0.5, 0.6) is 17.2 Å². The number of hydrogen-bond donors (Lipinski definition) is 1. The molecule has 0 saturated carbocycles. The number of rotatable bonds is 9. The van der Waals surface area contributed by atoms with E-state index in [2.05, 4.69) is 5.32 Å². The molecule has 1 fully saturated rings. The van der Waals surface area contributed by atoms with Crippen molar-refractivity contribution < 1.29 is 27.4 Å². The molecule has 1 amide bonds. The monoisotopic (exact) mass is 497 g/mol. The quantitative estimate of drug-likeness (QED) is 0.565. The largest absolute Gasteiger partial charge is 0.496 e. The van der Waals surface area contributed by atoms with Crippen molar-refractivity contribution in [3.63, 3.8) is 0 Å². The van der Waals surface area contributed by atoms with E-state index < -0.39 is 10.0 Å². The second kappa shape index (κ2) is 11.1. The van der Waals surface area contributed by atoms with Crippen LogP contribution < -0.4 is 19.5 Å². The van der Waals surface area contributed by atoms with E-state index in [4.69, 9.17) is 25.8 Å². The number of nitrogens with one attached hydrogen (secondary N) is 1. The summed E-state index contributed by atoms with van der Waals surface area (Å²) in [5, 5.41) is 3.36. The van der Waals surface area contributed by atoms with Crippen molar-refractivity contribution in [1.29, 1.82) is 0 Å². The average molecular weight is 498 g/mol. The Morgan fingerprint density at radius 1 is 0.939 bits per heavy atom. The second-order valence-electron chi connectivity index (χ2n) is 7.43. The molecule has 33 heavy (non-hydrogen) atoms. The summed E-state index contributed by atoms with van der Waals surface area (Å²) >= 11 is 5.85. The van der Waals surface area contributed by atoms with Gasteiger partial charge in [0, 0.05) is 49.4 Å². The van der Waals surface area contributed by atoms with Crippen LogP contribution in [0.25, 0.3) is 0 Å². The summed E-state index contributed by atoms with van der Waals surface area (Å²) in [5.41, 5.74) is 0.752. The van der Waals surface area contributed by atoms with Gasteiger partial charge >= 0.3 is 0 Å². The SMILES string of the molecule is COc1cc(OC)c(OC)cc1CNC(=O)CN1CCN(S(=O)(=O)c2ccc(Cl)cc2)CC1. The van der Waals surface area contributed by atoms with Crippen LogP contribution >= 0.6 is 11.6 Å². The van der Waals surface area contributed by atoms with E-state index in [0.717, 1.165) is 5.56 Å². The highest BCUT2D eigenvalue weighted by atomic mass is 35.5. The normalized spacial score (nSPS) is 15.2. The van der Waals surface area contributed by atoms with Gasteiger partial charge in [-0.15, -0.1) is 0 Å². The number of halogens is 1. The Morgan fingerprint density at radius 2 is 1.52 bits per heavy atom. The van der Waals surface area contributed by atoms with Crippen LogP contribution in [0.3, 0.4) is 0 Å². The molecule has 3 rings (SSSR count). The Kier molecular flexibility index (Phi) is 8.41. The number of carbonyl (C=O) groups excluding carboxylic acids is 1. The predicted molar refractivity (Wildman–Crippen MR) is 125 cm³/mol. The summed E-state index contributed by atoms with van der Waals surface area (Å²) in [6.07, 6.45) is 0. The molecule has 0 unspecified atom stereocenters. The maximum Gasteiger partial charge on any atom is 0.243 e. The number of hydrogen-bond acceptors (Lipinski definition) is 7. The van der Waals surface area contributed by atoms with Gasteiger partial charge in [0.05, 0.1) is 32.8 Å². The van der Waals surface area contributed by atoms with Gasteiger partial charge in [-0.1, -0.05) is 11.6 Å². The average Bonchev–Trinajstić information content (AvgIpc) is 2.82. The number of amides is 1. The lowest BCUT2D eigenvalue weighted by Crippen LogP contribution is -2.50. The van der Waals surface area contributed by atoms with Gasteiger partial charge in [0.25, 0.3) is 0 Å². The molecule has 0 atom stereocenters. The van der Waals surface area contributed by atoms with Crippen molar-refractivity contribution >= 4 is 27.5 Å². The lowest BCUT2D eigenvalue weighted by atomic mass is 10.1. The fourth-order valence-electron chi connectivity index (χ4n) is 3.57. The Labute approximate surface area is 199 Å². The van der Waals surface area contributed by atoms with E-state index in [-0.39, 0.29) is 23.9 Å². The molecule has 1 saturated heterocycles. The fourth-order valence-corrected chi connectivity index (χ4v) is 5.12. The Morgan fingerprint density at radius 3 is 2.09 bits per heavy atom. The molecule has 1 heterocycles. The maximum atomic E-state index is 12.8. The Bertz CT molecular complexity index is 1070. The number of benzene rings is 2. The van der Waals surface area contributed by atoms with Gasteiger partial charge in [0.2, 0.25) is 15.9 Å². The molecule has 180 valence electrons. The second-order valence-corrected chi connectivity index (χ2v) is 9.80. The van der Waals surface area contributed by atoms with Gasteiger partial charge < -0.3 is 19.5 Å². The highest BCUT2D eigenvalue weighted by Crippen LogP contribution is 2.34. The topological polar surface area (TPSA) is 97.4 Å². The summed E-state index contributed by atoms with van der Waals surface area (Å²) in [6, 6.07) is 9.59. The van der Waals surface area contributed by atoms with Gasteiger partial charge in [-0.05, 0) is 30.3 Å². The molecular formula is C22H28ClN3O6S. The number of piperazine rings is 1. The van der Waals surface area contributed by atoms with Crippen LogP contribution in [0, 0.1) is 0 Å². The zero-order valence-electron chi connectivity index (χ0n) is 18.8. The first-order chi connectivity index (χ1) is 15.8. The van der Waals surface area contributed by atoms with E-state index in [9.17, 15) is 13.2 Å². The Balaban J connectivity index is 1.53. The summed E-state index contributed by atoms with van der Waals surface area (Å²) in [5.74, 6) is 1.49. The number of sulfonamides is 1. The van der Waals surface area contributed by atoms with E-state index in [1.807, 2.05) is 4.90 Å². The van der Waals surface area contributed by atoms with Gasteiger partial charge in [-0.3, -0.25) is 9.69 Å². The summed E-state index contributed by atoms with van der Waals surface area (Å²) < 4.78 is 43.0. The molecule has 1 aliphatic rings. The van der Waals surface area contributed by atoms with Crippen molar-refractivity contribution in [1.82, 2.24) is 14.5 Å². The molecule has 9 nitrogen and oxygen atoms in total. The first-order valence-electron chi connectivity index (χ1n) is 10.3. The number of carbonyl (C=O) groups is 1.